The van der Waals surface area contributed by atoms with Crippen LogP contribution in [0.25, 0.3) is 0 Å². The number of ether oxygens (including phenoxy) is 1. The maximum atomic E-state index is 11.6. The van der Waals surface area contributed by atoms with Crippen molar-refractivity contribution in [3.05, 3.63) is 36.0 Å². The fourth-order valence-electron chi connectivity index (χ4n) is 5.61. The Labute approximate surface area is 254 Å². The van der Waals surface area contributed by atoms with E-state index < -0.39 is 12.2 Å². The van der Waals surface area contributed by atoms with E-state index in [0.717, 1.165) is 56.9 Å². The minimum atomic E-state index is -0.615. The lowest BCUT2D eigenvalue weighted by Crippen LogP contribution is -2.25. The van der Waals surface area contributed by atoms with Crippen molar-refractivity contribution in [3.8, 4) is 0 Å². The Balaban J connectivity index is 1.83. The number of unbranched alkanes of at least 4 members (excludes halogenated alkanes) is 18. The van der Waals surface area contributed by atoms with Crippen molar-refractivity contribution in [2.24, 2.45) is 0 Å². The molecule has 4 nitrogen and oxygen atoms in total. The second-order valence-corrected chi connectivity index (χ2v) is 12.4. The summed E-state index contributed by atoms with van der Waals surface area (Å²) in [7, 11) is 0. The maximum Gasteiger partial charge on any atom is 0.334 e. The number of esters is 1. The molecule has 0 saturated heterocycles. The van der Waals surface area contributed by atoms with E-state index in [9.17, 15) is 15.0 Å². The fraction of sp³-hybridized carbons (Fsp3) is 0.811. The fourth-order valence-corrected chi connectivity index (χ4v) is 5.61. The number of hydrogen-bond donors (Lipinski definition) is 2. The van der Waals surface area contributed by atoms with Gasteiger partial charge in [-0.2, -0.15) is 0 Å². The van der Waals surface area contributed by atoms with Crippen LogP contribution in [-0.4, -0.2) is 34.5 Å². The molecule has 0 radical (unpaired) electrons. The van der Waals surface area contributed by atoms with Crippen LogP contribution in [0.5, 0.6) is 0 Å². The minimum Gasteiger partial charge on any atom is -0.455 e. The molecule has 1 heterocycles. The third kappa shape index (κ3) is 22.8. The molecule has 0 aliphatic carbocycles. The average molecular weight is 575 g/mol. The van der Waals surface area contributed by atoms with Gasteiger partial charge in [0.15, 0.2) is 0 Å². The van der Waals surface area contributed by atoms with Crippen molar-refractivity contribution in [2.45, 2.75) is 193 Å². The van der Waals surface area contributed by atoms with Crippen LogP contribution in [0, 0.1) is 0 Å². The summed E-state index contributed by atoms with van der Waals surface area (Å²) in [6.45, 7) is 4.18. The van der Waals surface area contributed by atoms with Crippen LogP contribution in [0.15, 0.2) is 36.0 Å². The van der Waals surface area contributed by atoms with Crippen molar-refractivity contribution >= 4 is 5.97 Å². The molecular weight excluding hydrogens is 508 g/mol. The smallest absolute Gasteiger partial charge is 0.334 e. The lowest BCUT2D eigenvalue weighted by molar-refractivity contribution is -0.139. The standard InChI is InChI=1S/C37H66O4/c1-3-4-5-6-7-8-9-10-11-12-13-14-15-16-17-21-24-27-30-35(38)36(39)31-28-25-22-19-18-20-23-26-29-34-32-33(2)41-37(34)40/h14-15,21,24,32-33,35-36,38-39H,3-13,16-20,22-23,25-31H2,1-2H3/b15-14-,24-21-/t33-,35+,36+/m0/s1. The van der Waals surface area contributed by atoms with Crippen molar-refractivity contribution in [3.63, 3.8) is 0 Å². The van der Waals surface area contributed by atoms with Crippen LogP contribution in [0.4, 0.5) is 0 Å². The van der Waals surface area contributed by atoms with Crippen molar-refractivity contribution < 1.29 is 19.7 Å². The van der Waals surface area contributed by atoms with Crippen LogP contribution >= 0.6 is 0 Å². The summed E-state index contributed by atoms with van der Waals surface area (Å²) in [6.07, 6.45) is 39.2. The molecule has 1 rings (SSSR count). The number of aliphatic hydroxyl groups is 2. The number of aliphatic hydroxyl groups excluding tert-OH is 2. The van der Waals surface area contributed by atoms with Crippen molar-refractivity contribution in [1.29, 1.82) is 0 Å². The number of rotatable bonds is 29. The maximum absolute atomic E-state index is 11.6. The Morgan fingerprint density at radius 1 is 0.634 bits per heavy atom. The molecule has 0 aromatic rings. The van der Waals surface area contributed by atoms with E-state index in [0.29, 0.717) is 12.8 Å². The second kappa shape index (κ2) is 27.4. The Morgan fingerprint density at radius 2 is 1.10 bits per heavy atom. The summed E-state index contributed by atoms with van der Waals surface area (Å²) in [5.74, 6) is -0.130. The first kappa shape index (κ1) is 37.6. The third-order valence-electron chi connectivity index (χ3n) is 8.32. The van der Waals surface area contributed by atoms with E-state index >= 15 is 0 Å². The first-order chi connectivity index (χ1) is 20.0. The molecule has 41 heavy (non-hydrogen) atoms. The minimum absolute atomic E-state index is 0.0552. The lowest BCUT2D eigenvalue weighted by atomic mass is 10.0. The summed E-state index contributed by atoms with van der Waals surface area (Å²) in [5, 5.41) is 20.5. The van der Waals surface area contributed by atoms with E-state index in [1.807, 2.05) is 13.0 Å². The molecule has 0 bridgehead atoms. The Hall–Kier alpha value is -1.39. The van der Waals surface area contributed by atoms with E-state index in [4.69, 9.17) is 4.74 Å². The second-order valence-electron chi connectivity index (χ2n) is 12.4. The van der Waals surface area contributed by atoms with Crippen LogP contribution in [-0.2, 0) is 9.53 Å². The predicted octanol–water partition coefficient (Wildman–Crippen LogP) is 10.5. The number of carbonyl (C=O) groups excluding carboxylic acids is 1. The highest BCUT2D eigenvalue weighted by Gasteiger charge is 2.21. The lowest BCUT2D eigenvalue weighted by Gasteiger charge is -2.17. The molecule has 0 unspecified atom stereocenters. The van der Waals surface area contributed by atoms with Crippen molar-refractivity contribution in [1.82, 2.24) is 0 Å². The van der Waals surface area contributed by atoms with Gasteiger partial charge in [-0.25, -0.2) is 4.79 Å². The van der Waals surface area contributed by atoms with Crippen LogP contribution in [0.1, 0.15) is 174 Å². The monoisotopic (exact) mass is 574 g/mol. The number of allylic oxidation sites excluding steroid dienone is 4. The van der Waals surface area contributed by atoms with Gasteiger partial charge in [0.05, 0.1) is 12.2 Å². The van der Waals surface area contributed by atoms with Gasteiger partial charge in [0.2, 0.25) is 0 Å². The predicted molar refractivity (Wildman–Crippen MR) is 175 cm³/mol. The van der Waals surface area contributed by atoms with Gasteiger partial charge in [0.25, 0.3) is 0 Å². The number of hydrogen-bond acceptors (Lipinski definition) is 4. The molecule has 3 atom stereocenters. The van der Waals surface area contributed by atoms with Gasteiger partial charge < -0.3 is 14.9 Å². The topological polar surface area (TPSA) is 66.8 Å². The Morgan fingerprint density at radius 3 is 1.66 bits per heavy atom. The van der Waals surface area contributed by atoms with Gasteiger partial charge >= 0.3 is 5.97 Å². The summed E-state index contributed by atoms with van der Waals surface area (Å²) in [4.78, 5) is 11.6. The number of carbonyl (C=O) groups is 1. The summed E-state index contributed by atoms with van der Waals surface area (Å²) >= 11 is 0. The molecule has 4 heteroatoms. The summed E-state index contributed by atoms with van der Waals surface area (Å²) in [5.41, 5.74) is 0.854. The highest BCUT2D eigenvalue weighted by molar-refractivity contribution is 5.90. The normalized spacial score (nSPS) is 17.0. The molecule has 1 aliphatic rings. The van der Waals surface area contributed by atoms with Crippen LogP contribution < -0.4 is 0 Å². The first-order valence-electron chi connectivity index (χ1n) is 17.6. The molecule has 0 fully saturated rings. The SMILES string of the molecule is CCCCCCCCCCCC/C=C\CC/C=C\CC[C@@H](O)[C@H](O)CCCCCCCCCCC1=C[C@H](C)OC1=O. The van der Waals surface area contributed by atoms with E-state index in [-0.39, 0.29) is 12.1 Å². The molecule has 1 aliphatic heterocycles. The zero-order chi connectivity index (χ0) is 29.8. The Kier molecular flexibility index (Phi) is 25.2. The van der Waals surface area contributed by atoms with Gasteiger partial charge in [-0.05, 0) is 70.8 Å². The van der Waals surface area contributed by atoms with Crippen LogP contribution in [0.2, 0.25) is 0 Å². The van der Waals surface area contributed by atoms with E-state index in [2.05, 4.69) is 31.2 Å². The molecule has 0 amide bonds. The van der Waals surface area contributed by atoms with Crippen LogP contribution in [0.3, 0.4) is 0 Å². The largest absolute Gasteiger partial charge is 0.455 e. The summed E-state index contributed by atoms with van der Waals surface area (Å²) in [6, 6.07) is 0. The van der Waals surface area contributed by atoms with Gasteiger partial charge in [-0.3, -0.25) is 0 Å². The number of cyclic esters (lactones) is 1. The Bertz CT molecular complexity index is 695. The zero-order valence-electron chi connectivity index (χ0n) is 27.0. The van der Waals surface area contributed by atoms with Crippen molar-refractivity contribution in [2.75, 3.05) is 0 Å². The highest BCUT2D eigenvalue weighted by Crippen LogP contribution is 2.20. The van der Waals surface area contributed by atoms with E-state index in [1.54, 1.807) is 0 Å². The highest BCUT2D eigenvalue weighted by atomic mass is 16.5. The average Bonchev–Trinajstić information content (AvgIpc) is 3.29. The molecule has 238 valence electrons. The van der Waals surface area contributed by atoms with Gasteiger partial charge in [0, 0.05) is 5.57 Å². The molecular formula is C37H66O4. The molecule has 0 spiro atoms. The van der Waals surface area contributed by atoms with Gasteiger partial charge in [-0.1, -0.05) is 134 Å². The van der Waals surface area contributed by atoms with Gasteiger partial charge in [-0.15, -0.1) is 0 Å². The molecule has 0 saturated carbocycles. The quantitative estimate of drug-likeness (QED) is 0.0530. The van der Waals surface area contributed by atoms with Gasteiger partial charge in [0.1, 0.15) is 6.10 Å². The first-order valence-corrected chi connectivity index (χ1v) is 17.6. The summed E-state index contributed by atoms with van der Waals surface area (Å²) < 4.78 is 5.13. The zero-order valence-corrected chi connectivity index (χ0v) is 27.0. The molecule has 0 aromatic heterocycles. The van der Waals surface area contributed by atoms with E-state index in [1.165, 1.54) is 96.3 Å². The third-order valence-corrected chi connectivity index (χ3v) is 8.32. The molecule has 2 N–H and O–H groups in total. The molecule has 0 aromatic carbocycles.